The molecule has 0 rings (SSSR count). The predicted octanol–water partition coefficient (Wildman–Crippen LogP) is 15.5. The number of carbonyl (C=O) groups is 3. The van der Waals surface area contributed by atoms with E-state index in [0.717, 1.165) is 96.3 Å². The van der Waals surface area contributed by atoms with Crippen molar-refractivity contribution >= 4 is 17.9 Å². The monoisotopic (exact) mass is 799 g/mol. The summed E-state index contributed by atoms with van der Waals surface area (Å²) >= 11 is 0. The van der Waals surface area contributed by atoms with E-state index in [4.69, 9.17) is 14.2 Å². The van der Waals surface area contributed by atoms with Crippen LogP contribution in [0.25, 0.3) is 0 Å². The summed E-state index contributed by atoms with van der Waals surface area (Å²) in [6.07, 6.45) is 53.8. The van der Waals surface area contributed by atoms with E-state index in [2.05, 4.69) is 69.4 Å². The van der Waals surface area contributed by atoms with Crippen molar-refractivity contribution in [3.05, 3.63) is 48.6 Å². The van der Waals surface area contributed by atoms with Crippen molar-refractivity contribution in [2.75, 3.05) is 13.2 Å². The summed E-state index contributed by atoms with van der Waals surface area (Å²) in [4.78, 5) is 37.8. The van der Waals surface area contributed by atoms with E-state index in [1.54, 1.807) is 0 Å². The molecule has 57 heavy (non-hydrogen) atoms. The molecule has 0 aliphatic carbocycles. The van der Waals surface area contributed by atoms with Crippen LogP contribution >= 0.6 is 0 Å². The van der Waals surface area contributed by atoms with Gasteiger partial charge in [0.15, 0.2) is 6.10 Å². The lowest BCUT2D eigenvalue weighted by atomic mass is 10.1. The van der Waals surface area contributed by atoms with Gasteiger partial charge in [0.25, 0.3) is 0 Å². The zero-order valence-corrected chi connectivity index (χ0v) is 37.6. The first-order chi connectivity index (χ1) is 28.0. The van der Waals surface area contributed by atoms with Crippen LogP contribution in [0.4, 0.5) is 0 Å². The van der Waals surface area contributed by atoms with Crippen molar-refractivity contribution in [1.82, 2.24) is 0 Å². The summed E-state index contributed by atoms with van der Waals surface area (Å²) in [6, 6.07) is 0. The fourth-order valence-corrected chi connectivity index (χ4v) is 6.57. The number of hydrogen-bond acceptors (Lipinski definition) is 6. The third-order valence-electron chi connectivity index (χ3n) is 10.3. The zero-order valence-electron chi connectivity index (χ0n) is 37.6. The van der Waals surface area contributed by atoms with Gasteiger partial charge in [0.1, 0.15) is 13.2 Å². The van der Waals surface area contributed by atoms with Gasteiger partial charge in [-0.05, 0) is 89.9 Å². The Morgan fingerprint density at radius 2 is 0.684 bits per heavy atom. The maximum Gasteiger partial charge on any atom is 0.306 e. The minimum atomic E-state index is -0.780. The molecule has 0 aliphatic heterocycles. The molecule has 0 aromatic carbocycles. The van der Waals surface area contributed by atoms with Crippen molar-refractivity contribution in [1.29, 1.82) is 0 Å². The van der Waals surface area contributed by atoms with E-state index in [9.17, 15) is 14.4 Å². The van der Waals surface area contributed by atoms with Gasteiger partial charge in [-0.2, -0.15) is 0 Å². The third-order valence-corrected chi connectivity index (χ3v) is 10.3. The van der Waals surface area contributed by atoms with Crippen molar-refractivity contribution in [3.63, 3.8) is 0 Å². The van der Waals surface area contributed by atoms with Crippen LogP contribution in [0.15, 0.2) is 48.6 Å². The number of rotatable bonds is 43. The molecule has 0 aromatic rings. The molecule has 0 heterocycles. The number of hydrogen-bond donors (Lipinski definition) is 0. The number of carbonyl (C=O) groups excluding carboxylic acids is 3. The van der Waals surface area contributed by atoms with Gasteiger partial charge in [0.05, 0.1) is 0 Å². The first kappa shape index (κ1) is 54.4. The van der Waals surface area contributed by atoms with Gasteiger partial charge in [-0.25, -0.2) is 0 Å². The summed E-state index contributed by atoms with van der Waals surface area (Å²) in [5.74, 6) is -0.911. The Kier molecular flexibility index (Phi) is 43.9. The van der Waals surface area contributed by atoms with Gasteiger partial charge in [0, 0.05) is 19.3 Å². The fourth-order valence-electron chi connectivity index (χ4n) is 6.57. The topological polar surface area (TPSA) is 78.9 Å². The van der Waals surface area contributed by atoms with Gasteiger partial charge >= 0.3 is 17.9 Å². The van der Waals surface area contributed by atoms with E-state index in [0.29, 0.717) is 19.3 Å². The normalized spacial score (nSPS) is 12.4. The summed E-state index contributed by atoms with van der Waals surface area (Å²) in [6.45, 7) is 6.50. The molecule has 0 fully saturated rings. The molecule has 0 saturated heterocycles. The highest BCUT2D eigenvalue weighted by molar-refractivity contribution is 5.71. The average molecular weight is 799 g/mol. The van der Waals surface area contributed by atoms with Gasteiger partial charge in [-0.1, -0.05) is 179 Å². The first-order valence-electron chi connectivity index (χ1n) is 24.1. The van der Waals surface area contributed by atoms with Crippen LogP contribution in [0.2, 0.25) is 0 Å². The molecule has 0 aliphatic rings. The Morgan fingerprint density at radius 3 is 1.11 bits per heavy atom. The minimum Gasteiger partial charge on any atom is -0.462 e. The van der Waals surface area contributed by atoms with Crippen molar-refractivity contribution in [2.45, 2.75) is 245 Å². The van der Waals surface area contributed by atoms with Crippen LogP contribution in [0.5, 0.6) is 0 Å². The van der Waals surface area contributed by atoms with E-state index < -0.39 is 6.10 Å². The minimum absolute atomic E-state index is 0.0832. The Bertz CT molecular complexity index is 1010. The maximum atomic E-state index is 12.7. The van der Waals surface area contributed by atoms with E-state index >= 15 is 0 Å². The molecule has 0 saturated carbocycles. The Hall–Kier alpha value is -2.63. The maximum absolute atomic E-state index is 12.7. The van der Waals surface area contributed by atoms with Crippen LogP contribution in [-0.2, 0) is 28.6 Å². The summed E-state index contributed by atoms with van der Waals surface area (Å²) < 4.78 is 16.7. The standard InChI is InChI=1S/C51H90O6/c1-4-7-10-13-16-19-22-23-24-25-26-27-28-30-32-35-38-41-44-50(53)56-47-48(46-55-49(52)43-40-37-34-31-21-18-15-12-9-6-3)57-51(54)45-42-39-36-33-29-20-17-14-11-8-5-2/h12,14-15,17,19,22,24-25,48H,4-11,13,16,18,20-21,23,26-47H2,1-3H3/b15-12-,17-14-,22-19-,25-24-. The summed E-state index contributed by atoms with van der Waals surface area (Å²) in [7, 11) is 0. The lowest BCUT2D eigenvalue weighted by Crippen LogP contribution is -2.30. The Labute approximate surface area is 352 Å². The number of allylic oxidation sites excluding steroid dienone is 8. The summed E-state index contributed by atoms with van der Waals surface area (Å²) in [5.41, 5.74) is 0. The van der Waals surface area contributed by atoms with Gasteiger partial charge < -0.3 is 14.2 Å². The molecule has 6 nitrogen and oxygen atoms in total. The van der Waals surface area contributed by atoms with Crippen LogP contribution < -0.4 is 0 Å². The second-order valence-corrected chi connectivity index (χ2v) is 16.0. The van der Waals surface area contributed by atoms with E-state index in [1.165, 1.54) is 103 Å². The van der Waals surface area contributed by atoms with E-state index in [-0.39, 0.29) is 31.1 Å². The highest BCUT2D eigenvalue weighted by atomic mass is 16.6. The highest BCUT2D eigenvalue weighted by Crippen LogP contribution is 2.14. The molecule has 0 aromatic heterocycles. The number of unbranched alkanes of at least 4 members (excludes halogenated alkanes) is 24. The van der Waals surface area contributed by atoms with Crippen molar-refractivity contribution in [3.8, 4) is 0 Å². The lowest BCUT2D eigenvalue weighted by molar-refractivity contribution is -0.167. The fraction of sp³-hybridized carbons (Fsp3) is 0.784. The Balaban J connectivity index is 4.33. The molecule has 1 unspecified atom stereocenters. The Morgan fingerprint density at radius 1 is 0.351 bits per heavy atom. The van der Waals surface area contributed by atoms with E-state index in [1.807, 2.05) is 0 Å². The molecular formula is C51H90O6. The van der Waals surface area contributed by atoms with Crippen LogP contribution in [-0.4, -0.2) is 37.2 Å². The van der Waals surface area contributed by atoms with Crippen molar-refractivity contribution in [2.24, 2.45) is 0 Å². The smallest absolute Gasteiger partial charge is 0.306 e. The molecule has 6 heteroatoms. The third kappa shape index (κ3) is 44.3. The molecule has 0 amide bonds. The molecule has 0 radical (unpaired) electrons. The SMILES string of the molecule is CCC/C=C\CCCCCCCC(=O)OCC(COC(=O)CCCCCCCCC/C=C\C/C=C\CCCCCC)OC(=O)CCCCCCC/C=C\CCCC. The van der Waals surface area contributed by atoms with Gasteiger partial charge in [-0.15, -0.1) is 0 Å². The number of esters is 3. The van der Waals surface area contributed by atoms with Crippen molar-refractivity contribution < 1.29 is 28.6 Å². The highest BCUT2D eigenvalue weighted by Gasteiger charge is 2.19. The average Bonchev–Trinajstić information content (AvgIpc) is 3.21. The quantitative estimate of drug-likeness (QED) is 0.0265. The molecule has 0 spiro atoms. The molecule has 1 atom stereocenters. The van der Waals surface area contributed by atoms with Crippen LogP contribution in [0, 0.1) is 0 Å². The first-order valence-corrected chi connectivity index (χ1v) is 24.1. The predicted molar refractivity (Wildman–Crippen MR) is 242 cm³/mol. The van der Waals surface area contributed by atoms with Crippen LogP contribution in [0.1, 0.15) is 239 Å². The van der Waals surface area contributed by atoms with Gasteiger partial charge in [-0.3, -0.25) is 14.4 Å². The molecule has 0 N–H and O–H groups in total. The molecule has 330 valence electrons. The molecular weight excluding hydrogens is 709 g/mol. The van der Waals surface area contributed by atoms with Crippen LogP contribution in [0.3, 0.4) is 0 Å². The second kappa shape index (κ2) is 46.1. The largest absolute Gasteiger partial charge is 0.462 e. The zero-order chi connectivity index (χ0) is 41.5. The molecule has 0 bridgehead atoms. The lowest BCUT2D eigenvalue weighted by Gasteiger charge is -2.18. The number of ether oxygens (including phenoxy) is 3. The second-order valence-electron chi connectivity index (χ2n) is 16.0. The van der Waals surface area contributed by atoms with Gasteiger partial charge in [0.2, 0.25) is 0 Å². The summed E-state index contributed by atoms with van der Waals surface area (Å²) in [5, 5.41) is 0.